The van der Waals surface area contributed by atoms with E-state index in [1.807, 2.05) is 24.3 Å². The lowest BCUT2D eigenvalue weighted by molar-refractivity contribution is 0.0947. The number of benzene rings is 2. The van der Waals surface area contributed by atoms with Crippen LogP contribution >= 0.6 is 11.6 Å². The van der Waals surface area contributed by atoms with Crippen LogP contribution in [0.25, 0.3) is 0 Å². The van der Waals surface area contributed by atoms with Crippen LogP contribution in [-0.4, -0.2) is 61.7 Å². The number of hydrogen-bond acceptors (Lipinski definition) is 8. The lowest BCUT2D eigenvalue weighted by Gasteiger charge is -2.28. The van der Waals surface area contributed by atoms with Gasteiger partial charge in [-0.2, -0.15) is 9.29 Å². The highest BCUT2D eigenvalue weighted by atomic mass is 35.5. The van der Waals surface area contributed by atoms with Crippen molar-refractivity contribution in [3.05, 3.63) is 70.1 Å². The summed E-state index contributed by atoms with van der Waals surface area (Å²) >= 11 is 6.36. The van der Waals surface area contributed by atoms with E-state index in [0.717, 1.165) is 36.3 Å². The van der Waals surface area contributed by atoms with Crippen molar-refractivity contribution in [2.75, 3.05) is 32.3 Å². The zero-order valence-corrected chi connectivity index (χ0v) is 23.7. The van der Waals surface area contributed by atoms with Crippen molar-refractivity contribution in [1.82, 2.24) is 19.6 Å². The second-order valence-electron chi connectivity index (χ2n) is 9.94. The molecule has 1 amide bonds. The first kappa shape index (κ1) is 28.1. The number of anilines is 2. The number of ether oxygens (including phenoxy) is 2. The fourth-order valence-electron chi connectivity index (χ4n) is 4.69. The van der Waals surface area contributed by atoms with Crippen molar-refractivity contribution >= 4 is 39.2 Å². The van der Waals surface area contributed by atoms with Gasteiger partial charge in [0.2, 0.25) is 21.9 Å². The van der Waals surface area contributed by atoms with Crippen molar-refractivity contribution in [1.29, 1.82) is 0 Å². The average Bonchev–Trinajstić information content (AvgIpc) is 3.67. The molecule has 0 spiro atoms. The summed E-state index contributed by atoms with van der Waals surface area (Å²) in [4.78, 5) is 21.0. The molecule has 0 unspecified atom stereocenters. The third-order valence-electron chi connectivity index (χ3n) is 7.07. The Morgan fingerprint density at radius 3 is 2.70 bits per heavy atom. The molecule has 2 aliphatic carbocycles. The predicted octanol–water partition coefficient (Wildman–Crippen LogP) is 4.10. The van der Waals surface area contributed by atoms with Crippen molar-refractivity contribution in [2.45, 2.75) is 31.4 Å². The van der Waals surface area contributed by atoms with Gasteiger partial charge in [0.25, 0.3) is 5.91 Å². The molecule has 0 aliphatic heterocycles. The largest absolute Gasteiger partial charge is 0.495 e. The average molecular weight is 590 g/mol. The van der Waals surface area contributed by atoms with Gasteiger partial charge in [-0.3, -0.25) is 4.79 Å². The van der Waals surface area contributed by atoms with Crippen LogP contribution in [-0.2, 0) is 16.4 Å². The standard InChI is InChI=1S/C27H29ClFN5O5S/c1-34(40(3,36)37)24-17-7-5-4-6-16(17)10-23(24)39-26-19(28)14-31-27(33-26)32-21-12-20(29)18(11-22(21)38-2)25(35)30-13-15-8-9-15/h4-7,11-12,14-15,23-24H,8-10,13H2,1-3H3,(H,30,35)(H,31,32,33)/t23-,24-/m1/s1. The number of aromatic nitrogens is 2. The van der Waals surface area contributed by atoms with Crippen LogP contribution in [0.3, 0.4) is 0 Å². The minimum atomic E-state index is -3.54. The van der Waals surface area contributed by atoms with E-state index in [9.17, 15) is 17.6 Å². The molecule has 0 radical (unpaired) electrons. The molecule has 2 N–H and O–H groups in total. The highest BCUT2D eigenvalue weighted by molar-refractivity contribution is 7.88. The van der Waals surface area contributed by atoms with Gasteiger partial charge in [-0.1, -0.05) is 35.9 Å². The van der Waals surface area contributed by atoms with Crippen molar-refractivity contribution in [3.63, 3.8) is 0 Å². The van der Waals surface area contributed by atoms with Crippen LogP contribution in [0.1, 0.15) is 40.4 Å². The number of rotatable bonds is 10. The Morgan fingerprint density at radius 1 is 1.25 bits per heavy atom. The first-order chi connectivity index (χ1) is 19.0. The van der Waals surface area contributed by atoms with E-state index >= 15 is 0 Å². The maximum Gasteiger partial charge on any atom is 0.254 e. The lowest BCUT2D eigenvalue weighted by Crippen LogP contribution is -2.38. The van der Waals surface area contributed by atoms with Crippen LogP contribution < -0.4 is 20.1 Å². The summed E-state index contributed by atoms with van der Waals surface area (Å²) in [6.45, 7) is 0.509. The molecule has 2 aromatic carbocycles. The first-order valence-electron chi connectivity index (χ1n) is 12.7. The molecular formula is C27H29ClFN5O5S. The summed E-state index contributed by atoms with van der Waals surface area (Å²) in [5.41, 5.74) is 1.85. The highest BCUT2D eigenvalue weighted by Crippen LogP contribution is 2.40. The second-order valence-corrected chi connectivity index (χ2v) is 12.4. The Labute approximate surface area is 236 Å². The summed E-state index contributed by atoms with van der Waals surface area (Å²) in [6, 6.07) is 9.37. The summed E-state index contributed by atoms with van der Waals surface area (Å²) in [5, 5.41) is 5.75. The number of halogens is 2. The van der Waals surface area contributed by atoms with Gasteiger partial charge in [0.15, 0.2) is 0 Å². The fraction of sp³-hybridized carbons (Fsp3) is 0.370. The zero-order valence-electron chi connectivity index (χ0n) is 22.1. The predicted molar refractivity (Wildman–Crippen MR) is 148 cm³/mol. The first-order valence-corrected chi connectivity index (χ1v) is 14.9. The van der Waals surface area contributed by atoms with Gasteiger partial charge in [-0.15, -0.1) is 0 Å². The molecular weight excluding hydrogens is 561 g/mol. The van der Waals surface area contributed by atoms with Gasteiger partial charge in [-0.05, 0) is 36.0 Å². The number of nitrogens with zero attached hydrogens (tertiary/aromatic N) is 3. The van der Waals surface area contributed by atoms with E-state index in [1.165, 1.54) is 30.7 Å². The zero-order chi connectivity index (χ0) is 28.6. The molecule has 13 heteroatoms. The molecule has 1 heterocycles. The van der Waals surface area contributed by atoms with E-state index in [0.29, 0.717) is 18.9 Å². The molecule has 1 fully saturated rings. The lowest BCUT2D eigenvalue weighted by atomic mass is 10.1. The molecule has 0 bridgehead atoms. The maximum atomic E-state index is 14.9. The van der Waals surface area contributed by atoms with E-state index in [4.69, 9.17) is 21.1 Å². The van der Waals surface area contributed by atoms with Gasteiger partial charge in [-0.25, -0.2) is 17.8 Å². The number of fused-ring (bicyclic) bond motifs is 1. The summed E-state index contributed by atoms with van der Waals surface area (Å²) in [5.74, 6) is -0.531. The Hall–Kier alpha value is -3.48. The highest BCUT2D eigenvalue weighted by Gasteiger charge is 2.40. The van der Waals surface area contributed by atoms with E-state index < -0.39 is 33.9 Å². The quantitative estimate of drug-likeness (QED) is 0.362. The van der Waals surface area contributed by atoms with Gasteiger partial charge in [0, 0.05) is 26.1 Å². The summed E-state index contributed by atoms with van der Waals surface area (Å²) in [6.07, 6.45) is 4.41. The number of hydrogen-bond donors (Lipinski definition) is 2. The third kappa shape index (κ3) is 5.98. The summed E-state index contributed by atoms with van der Waals surface area (Å²) in [7, 11) is -0.638. The number of nitrogens with one attached hydrogen (secondary N) is 2. The van der Waals surface area contributed by atoms with Gasteiger partial charge < -0.3 is 20.1 Å². The van der Waals surface area contributed by atoms with Crippen molar-refractivity contribution in [3.8, 4) is 11.6 Å². The van der Waals surface area contributed by atoms with Crippen molar-refractivity contribution < 1.29 is 27.1 Å². The van der Waals surface area contributed by atoms with Crippen molar-refractivity contribution in [2.24, 2.45) is 5.92 Å². The Bertz CT molecular complexity index is 1550. The maximum absolute atomic E-state index is 14.9. The minimum Gasteiger partial charge on any atom is -0.495 e. The second kappa shape index (κ2) is 11.2. The van der Waals surface area contributed by atoms with Gasteiger partial charge in [0.05, 0.1) is 36.9 Å². The number of methoxy groups -OCH3 is 1. The molecule has 0 saturated heterocycles. The Balaban J connectivity index is 1.38. The smallest absolute Gasteiger partial charge is 0.254 e. The monoisotopic (exact) mass is 589 g/mol. The molecule has 212 valence electrons. The van der Waals surface area contributed by atoms with E-state index in [1.54, 1.807) is 0 Å². The third-order valence-corrected chi connectivity index (χ3v) is 8.60. The number of sulfonamides is 1. The normalized spacial score (nSPS) is 18.4. The SMILES string of the molecule is COc1cc(C(=O)NCC2CC2)c(F)cc1Nc1ncc(Cl)c(O[C@@H]2Cc3ccccc3[C@H]2N(C)S(C)(=O)=O)n1. The fourth-order valence-corrected chi connectivity index (χ4v) is 5.48. The summed E-state index contributed by atoms with van der Waals surface area (Å²) < 4.78 is 52.6. The number of carbonyl (C=O) groups excluding carboxylic acids is 1. The Kier molecular flexibility index (Phi) is 7.85. The van der Waals surface area contributed by atoms with Crippen LogP contribution in [0.2, 0.25) is 5.02 Å². The number of likely N-dealkylation sites (N-methyl/N-ethyl adjacent to an activating group) is 1. The van der Waals surface area contributed by atoms with E-state index in [-0.39, 0.29) is 33.9 Å². The number of carbonyl (C=O) groups is 1. The van der Waals surface area contributed by atoms with Gasteiger partial charge >= 0.3 is 0 Å². The van der Waals surface area contributed by atoms with Gasteiger partial charge in [0.1, 0.15) is 22.7 Å². The van der Waals surface area contributed by atoms with Crippen LogP contribution in [0.4, 0.5) is 16.0 Å². The molecule has 1 aromatic heterocycles. The number of amides is 1. The van der Waals surface area contributed by atoms with E-state index in [2.05, 4.69) is 20.6 Å². The molecule has 5 rings (SSSR count). The van der Waals surface area contributed by atoms with Crippen LogP contribution in [0, 0.1) is 11.7 Å². The molecule has 2 atom stereocenters. The molecule has 2 aliphatic rings. The molecule has 3 aromatic rings. The molecule has 1 saturated carbocycles. The Morgan fingerprint density at radius 2 is 2.00 bits per heavy atom. The van der Waals surface area contributed by atoms with Crippen LogP contribution in [0.5, 0.6) is 11.6 Å². The topological polar surface area (TPSA) is 123 Å². The molecule has 10 nitrogen and oxygen atoms in total. The van der Waals surface area contributed by atoms with Crippen LogP contribution in [0.15, 0.2) is 42.6 Å². The minimum absolute atomic E-state index is 0.0272. The molecule has 40 heavy (non-hydrogen) atoms.